The Morgan fingerprint density at radius 2 is 1.95 bits per heavy atom. The van der Waals surface area contributed by atoms with Crippen LogP contribution in [0.15, 0.2) is 28.7 Å². The highest BCUT2D eigenvalue weighted by Crippen LogP contribution is 2.42. The molecule has 0 aromatic heterocycles. The van der Waals surface area contributed by atoms with E-state index in [-0.39, 0.29) is 5.54 Å². The van der Waals surface area contributed by atoms with Gasteiger partial charge in [0.1, 0.15) is 0 Å². The van der Waals surface area contributed by atoms with Crippen LogP contribution in [-0.4, -0.2) is 24.0 Å². The molecule has 118 valence electrons. The minimum Gasteiger partial charge on any atom is -0.329 e. The average Bonchev–Trinajstić information content (AvgIpc) is 2.49. The van der Waals surface area contributed by atoms with Gasteiger partial charge in [-0.3, -0.25) is 4.90 Å². The molecule has 1 aromatic carbocycles. The zero-order valence-electron chi connectivity index (χ0n) is 13.6. The molecule has 2 rings (SSSR count). The maximum Gasteiger partial charge on any atom is 0.0362 e. The lowest BCUT2D eigenvalue weighted by molar-refractivity contribution is -0.00183. The third-order valence-electron chi connectivity index (χ3n) is 5.32. The minimum absolute atomic E-state index is 0.166. The molecule has 0 saturated heterocycles. The maximum absolute atomic E-state index is 6.30. The van der Waals surface area contributed by atoms with E-state index in [9.17, 15) is 0 Å². The Hall–Kier alpha value is -0.380. The Bertz CT molecular complexity index is 443. The number of nitrogens with two attached hydrogens (primary N) is 1. The molecule has 1 aromatic rings. The summed E-state index contributed by atoms with van der Waals surface area (Å²) in [6.45, 7) is 6.46. The van der Waals surface area contributed by atoms with Gasteiger partial charge < -0.3 is 5.73 Å². The maximum atomic E-state index is 6.30. The Kier molecular flexibility index (Phi) is 5.87. The molecule has 0 radical (unpaired) electrons. The second kappa shape index (κ2) is 7.26. The van der Waals surface area contributed by atoms with E-state index in [1.165, 1.54) is 31.2 Å². The van der Waals surface area contributed by atoms with Gasteiger partial charge in [0.15, 0.2) is 0 Å². The van der Waals surface area contributed by atoms with Gasteiger partial charge in [0.25, 0.3) is 0 Å². The zero-order valence-corrected chi connectivity index (χ0v) is 15.2. The number of halogens is 1. The molecule has 0 spiro atoms. The first-order valence-electron chi connectivity index (χ1n) is 8.15. The van der Waals surface area contributed by atoms with E-state index < -0.39 is 0 Å². The molecule has 3 heteroatoms. The predicted octanol–water partition coefficient (Wildman–Crippen LogP) is 4.42. The van der Waals surface area contributed by atoms with Crippen LogP contribution in [0, 0.1) is 11.8 Å². The highest BCUT2D eigenvalue weighted by Gasteiger charge is 2.43. The molecule has 0 heterocycles. The lowest BCUT2D eigenvalue weighted by Gasteiger charge is -2.51. The Morgan fingerprint density at radius 3 is 2.52 bits per heavy atom. The van der Waals surface area contributed by atoms with E-state index in [0.717, 1.165) is 17.6 Å². The zero-order chi connectivity index (χ0) is 15.5. The standard InChI is InChI=1S/C18H29BrN2/c1-14(2)17-6-4-5-11-18(17,13-20)21(3)12-15-7-9-16(19)10-8-15/h7-10,14,17H,4-6,11-13,20H2,1-3H3. The van der Waals surface area contributed by atoms with E-state index in [0.29, 0.717) is 11.8 Å². The molecule has 2 atom stereocenters. The van der Waals surface area contributed by atoms with Crippen molar-refractivity contribution >= 4 is 15.9 Å². The van der Waals surface area contributed by atoms with Gasteiger partial charge in [-0.2, -0.15) is 0 Å². The first-order valence-corrected chi connectivity index (χ1v) is 8.94. The quantitative estimate of drug-likeness (QED) is 0.849. The monoisotopic (exact) mass is 352 g/mol. The Morgan fingerprint density at radius 1 is 1.29 bits per heavy atom. The molecular formula is C18H29BrN2. The molecule has 1 fully saturated rings. The lowest BCUT2D eigenvalue weighted by atomic mass is 9.67. The second-order valence-electron chi connectivity index (χ2n) is 6.89. The van der Waals surface area contributed by atoms with Crippen molar-refractivity contribution in [2.45, 2.75) is 51.6 Å². The number of hydrogen-bond donors (Lipinski definition) is 1. The minimum atomic E-state index is 0.166. The molecule has 21 heavy (non-hydrogen) atoms. The van der Waals surface area contributed by atoms with Gasteiger partial charge in [0.05, 0.1) is 0 Å². The normalized spacial score (nSPS) is 26.5. The summed E-state index contributed by atoms with van der Waals surface area (Å²) >= 11 is 3.51. The summed E-state index contributed by atoms with van der Waals surface area (Å²) in [4.78, 5) is 2.53. The van der Waals surface area contributed by atoms with Crippen molar-refractivity contribution in [1.82, 2.24) is 4.90 Å². The van der Waals surface area contributed by atoms with Crippen LogP contribution in [0.3, 0.4) is 0 Å². The van der Waals surface area contributed by atoms with Crippen LogP contribution in [0.25, 0.3) is 0 Å². The summed E-state index contributed by atoms with van der Waals surface area (Å²) in [7, 11) is 2.26. The van der Waals surface area contributed by atoms with Crippen LogP contribution in [0.5, 0.6) is 0 Å². The fourth-order valence-electron chi connectivity index (χ4n) is 4.11. The van der Waals surface area contributed by atoms with Gasteiger partial charge in [-0.1, -0.05) is 54.8 Å². The molecule has 1 aliphatic carbocycles. The van der Waals surface area contributed by atoms with Crippen molar-refractivity contribution < 1.29 is 0 Å². The van der Waals surface area contributed by atoms with Gasteiger partial charge >= 0.3 is 0 Å². The van der Waals surface area contributed by atoms with Crippen molar-refractivity contribution in [2.24, 2.45) is 17.6 Å². The van der Waals surface area contributed by atoms with Gasteiger partial charge in [0, 0.05) is 23.1 Å². The summed E-state index contributed by atoms with van der Waals surface area (Å²) in [6.07, 6.45) is 5.22. The fourth-order valence-corrected chi connectivity index (χ4v) is 4.37. The van der Waals surface area contributed by atoms with Gasteiger partial charge in [0.2, 0.25) is 0 Å². The SMILES string of the molecule is CC(C)C1CCCCC1(CN)N(C)Cc1ccc(Br)cc1. The summed E-state index contributed by atoms with van der Waals surface area (Å²) in [5, 5.41) is 0. The lowest BCUT2D eigenvalue weighted by Crippen LogP contribution is -2.59. The first kappa shape index (κ1) is 17.0. The summed E-state index contributed by atoms with van der Waals surface area (Å²) < 4.78 is 1.14. The average molecular weight is 353 g/mol. The van der Waals surface area contributed by atoms with Crippen molar-refractivity contribution in [1.29, 1.82) is 0 Å². The van der Waals surface area contributed by atoms with Gasteiger partial charge in [-0.25, -0.2) is 0 Å². The van der Waals surface area contributed by atoms with Crippen LogP contribution in [0.2, 0.25) is 0 Å². The number of benzene rings is 1. The third kappa shape index (κ3) is 3.69. The summed E-state index contributed by atoms with van der Waals surface area (Å²) in [6, 6.07) is 8.66. The Labute approximate surface area is 138 Å². The largest absolute Gasteiger partial charge is 0.329 e. The highest BCUT2D eigenvalue weighted by molar-refractivity contribution is 9.10. The molecule has 0 amide bonds. The van der Waals surface area contributed by atoms with E-state index >= 15 is 0 Å². The number of likely N-dealkylation sites (N-methyl/N-ethyl adjacent to an activating group) is 1. The predicted molar refractivity (Wildman–Crippen MR) is 94.2 cm³/mol. The molecule has 2 unspecified atom stereocenters. The number of hydrogen-bond acceptors (Lipinski definition) is 2. The van der Waals surface area contributed by atoms with Crippen LogP contribution >= 0.6 is 15.9 Å². The second-order valence-corrected chi connectivity index (χ2v) is 7.80. The molecule has 0 bridgehead atoms. The fraction of sp³-hybridized carbons (Fsp3) is 0.667. The van der Waals surface area contributed by atoms with Gasteiger partial charge in [-0.15, -0.1) is 0 Å². The molecule has 2 N–H and O–H groups in total. The molecule has 1 saturated carbocycles. The van der Waals surface area contributed by atoms with Crippen molar-refractivity contribution in [3.8, 4) is 0 Å². The third-order valence-corrected chi connectivity index (χ3v) is 5.85. The molecule has 1 aliphatic rings. The highest BCUT2D eigenvalue weighted by atomic mass is 79.9. The first-order chi connectivity index (χ1) is 9.99. The van der Waals surface area contributed by atoms with E-state index in [2.05, 4.69) is 66.0 Å². The molecule has 0 aliphatic heterocycles. The van der Waals surface area contributed by atoms with Crippen LogP contribution in [-0.2, 0) is 6.54 Å². The molecular weight excluding hydrogens is 324 g/mol. The van der Waals surface area contributed by atoms with Crippen molar-refractivity contribution in [3.63, 3.8) is 0 Å². The summed E-state index contributed by atoms with van der Waals surface area (Å²) in [5.41, 5.74) is 7.82. The smallest absolute Gasteiger partial charge is 0.0362 e. The van der Waals surface area contributed by atoms with Crippen LogP contribution < -0.4 is 5.73 Å². The Balaban J connectivity index is 2.19. The van der Waals surface area contributed by atoms with Crippen molar-refractivity contribution in [3.05, 3.63) is 34.3 Å². The van der Waals surface area contributed by atoms with E-state index in [4.69, 9.17) is 5.73 Å². The number of rotatable bonds is 5. The van der Waals surface area contributed by atoms with E-state index in [1.54, 1.807) is 0 Å². The molecule has 2 nitrogen and oxygen atoms in total. The van der Waals surface area contributed by atoms with Crippen LogP contribution in [0.1, 0.15) is 45.1 Å². The van der Waals surface area contributed by atoms with Crippen LogP contribution in [0.4, 0.5) is 0 Å². The topological polar surface area (TPSA) is 29.3 Å². The van der Waals surface area contributed by atoms with E-state index in [1.807, 2.05) is 0 Å². The number of nitrogens with zero attached hydrogens (tertiary/aromatic N) is 1. The van der Waals surface area contributed by atoms with Crippen molar-refractivity contribution in [2.75, 3.05) is 13.6 Å². The summed E-state index contributed by atoms with van der Waals surface area (Å²) in [5.74, 6) is 1.40. The van der Waals surface area contributed by atoms with Gasteiger partial charge in [-0.05, 0) is 49.4 Å².